The molecule has 0 amide bonds. The van der Waals surface area contributed by atoms with Gasteiger partial charge in [-0.2, -0.15) is 0 Å². The van der Waals surface area contributed by atoms with Crippen LogP contribution in [0.2, 0.25) is 0 Å². The summed E-state index contributed by atoms with van der Waals surface area (Å²) in [7, 11) is 3.89. The molecule has 2 heterocycles. The van der Waals surface area contributed by atoms with Crippen LogP contribution in [0.3, 0.4) is 0 Å². The molecule has 4 nitrogen and oxygen atoms in total. The summed E-state index contributed by atoms with van der Waals surface area (Å²) in [6, 6.07) is 0.578. The molecule has 106 valence electrons. The Labute approximate surface area is 111 Å². The lowest BCUT2D eigenvalue weighted by atomic mass is 9.95. The van der Waals surface area contributed by atoms with Gasteiger partial charge in [0.05, 0.1) is 13.2 Å². The summed E-state index contributed by atoms with van der Waals surface area (Å²) >= 11 is 0. The lowest BCUT2D eigenvalue weighted by molar-refractivity contribution is 0.0803. The first-order valence-electron chi connectivity index (χ1n) is 7.29. The minimum absolute atomic E-state index is 0.578. The predicted molar refractivity (Wildman–Crippen MR) is 72.8 cm³/mol. The Bertz CT molecular complexity index is 230. The fourth-order valence-corrected chi connectivity index (χ4v) is 3.31. The van der Waals surface area contributed by atoms with E-state index >= 15 is 0 Å². The van der Waals surface area contributed by atoms with Crippen LogP contribution in [-0.2, 0) is 9.47 Å². The normalized spacial score (nSPS) is 31.7. The molecule has 18 heavy (non-hydrogen) atoms. The second-order valence-electron chi connectivity index (χ2n) is 5.74. The summed E-state index contributed by atoms with van der Waals surface area (Å²) in [6.45, 7) is 6.37. The van der Waals surface area contributed by atoms with Crippen LogP contribution in [0.1, 0.15) is 19.3 Å². The standard InChI is InChI=1S/C14H28N2O2/c1-15-14(13-5-7-18-11-13)9-16-6-3-4-12(8-16)10-17-2/h12-15H,3-11H2,1-2H3. The number of ether oxygens (including phenoxy) is 2. The van der Waals surface area contributed by atoms with Gasteiger partial charge in [-0.25, -0.2) is 0 Å². The summed E-state index contributed by atoms with van der Waals surface area (Å²) in [5.74, 6) is 1.42. The first kappa shape index (κ1) is 14.3. The molecule has 0 radical (unpaired) electrons. The van der Waals surface area contributed by atoms with Gasteiger partial charge >= 0.3 is 0 Å². The van der Waals surface area contributed by atoms with Crippen LogP contribution in [0.15, 0.2) is 0 Å². The zero-order valence-corrected chi connectivity index (χ0v) is 11.9. The minimum atomic E-state index is 0.578. The second kappa shape index (κ2) is 7.43. The molecular formula is C14H28N2O2. The third-order valence-electron chi connectivity index (χ3n) is 4.37. The number of hydrogen-bond donors (Lipinski definition) is 1. The molecule has 0 bridgehead atoms. The van der Waals surface area contributed by atoms with Gasteiger partial charge < -0.3 is 19.7 Å². The number of nitrogens with one attached hydrogen (secondary N) is 1. The fraction of sp³-hybridized carbons (Fsp3) is 1.00. The Hall–Kier alpha value is -0.160. The topological polar surface area (TPSA) is 33.7 Å². The van der Waals surface area contributed by atoms with Gasteiger partial charge in [-0.3, -0.25) is 0 Å². The quantitative estimate of drug-likeness (QED) is 0.768. The minimum Gasteiger partial charge on any atom is -0.384 e. The average Bonchev–Trinajstić information content (AvgIpc) is 2.90. The van der Waals surface area contributed by atoms with Crippen LogP contribution in [0.25, 0.3) is 0 Å². The van der Waals surface area contributed by atoms with Gasteiger partial charge in [0.25, 0.3) is 0 Å². The maximum Gasteiger partial charge on any atom is 0.0510 e. The van der Waals surface area contributed by atoms with E-state index in [1.807, 2.05) is 7.11 Å². The molecule has 1 N–H and O–H groups in total. The summed E-state index contributed by atoms with van der Waals surface area (Å²) in [4.78, 5) is 2.60. The average molecular weight is 256 g/mol. The number of likely N-dealkylation sites (tertiary alicyclic amines) is 1. The van der Waals surface area contributed by atoms with Crippen LogP contribution in [0, 0.1) is 11.8 Å². The zero-order chi connectivity index (χ0) is 12.8. The Morgan fingerprint density at radius 3 is 3.00 bits per heavy atom. The lowest BCUT2D eigenvalue weighted by Gasteiger charge is -2.36. The molecule has 4 heteroatoms. The van der Waals surface area contributed by atoms with E-state index < -0.39 is 0 Å². The van der Waals surface area contributed by atoms with Crippen molar-refractivity contribution < 1.29 is 9.47 Å². The van der Waals surface area contributed by atoms with Crippen molar-refractivity contribution in [1.29, 1.82) is 0 Å². The maximum atomic E-state index is 5.51. The van der Waals surface area contributed by atoms with E-state index in [0.717, 1.165) is 32.3 Å². The number of rotatable bonds is 6. The van der Waals surface area contributed by atoms with E-state index in [2.05, 4.69) is 17.3 Å². The summed E-state index contributed by atoms with van der Waals surface area (Å²) in [5, 5.41) is 3.49. The second-order valence-corrected chi connectivity index (χ2v) is 5.74. The highest BCUT2D eigenvalue weighted by molar-refractivity contribution is 4.83. The smallest absolute Gasteiger partial charge is 0.0510 e. The number of hydrogen-bond acceptors (Lipinski definition) is 4. The fourth-order valence-electron chi connectivity index (χ4n) is 3.31. The van der Waals surface area contributed by atoms with Crippen molar-refractivity contribution in [2.75, 3.05) is 53.6 Å². The molecule has 0 aromatic heterocycles. The largest absolute Gasteiger partial charge is 0.384 e. The highest BCUT2D eigenvalue weighted by Crippen LogP contribution is 2.21. The van der Waals surface area contributed by atoms with E-state index in [0.29, 0.717) is 12.0 Å². The van der Waals surface area contributed by atoms with Crippen LogP contribution in [0.4, 0.5) is 0 Å². The van der Waals surface area contributed by atoms with Crippen molar-refractivity contribution in [3.8, 4) is 0 Å². The first-order valence-corrected chi connectivity index (χ1v) is 7.29. The molecule has 2 saturated heterocycles. The van der Waals surface area contributed by atoms with E-state index in [1.165, 1.54) is 32.4 Å². The molecule has 0 aromatic rings. The van der Waals surface area contributed by atoms with Gasteiger partial charge in [-0.15, -0.1) is 0 Å². The summed E-state index contributed by atoms with van der Waals surface area (Å²) in [5.41, 5.74) is 0. The molecular weight excluding hydrogens is 228 g/mol. The van der Waals surface area contributed by atoms with Crippen LogP contribution < -0.4 is 5.32 Å². The molecule has 3 atom stereocenters. The van der Waals surface area contributed by atoms with E-state index in [1.54, 1.807) is 0 Å². The van der Waals surface area contributed by atoms with Crippen molar-refractivity contribution in [3.63, 3.8) is 0 Å². The summed E-state index contributed by atoms with van der Waals surface area (Å²) in [6.07, 6.45) is 3.84. The molecule has 2 aliphatic heterocycles. The van der Waals surface area contributed by atoms with Crippen molar-refractivity contribution in [1.82, 2.24) is 10.2 Å². The number of piperidine rings is 1. The molecule has 0 spiro atoms. The van der Waals surface area contributed by atoms with Crippen LogP contribution in [0.5, 0.6) is 0 Å². The van der Waals surface area contributed by atoms with Gasteiger partial charge in [0.2, 0.25) is 0 Å². The SMILES string of the molecule is CNC(CN1CCCC(COC)C1)C1CCOC1. The number of methoxy groups -OCH3 is 1. The third kappa shape index (κ3) is 3.92. The highest BCUT2D eigenvalue weighted by Gasteiger charge is 2.28. The number of likely N-dealkylation sites (N-methyl/N-ethyl adjacent to an activating group) is 1. The molecule has 2 rings (SSSR count). The molecule has 0 aromatic carbocycles. The van der Waals surface area contributed by atoms with Crippen molar-refractivity contribution in [3.05, 3.63) is 0 Å². The van der Waals surface area contributed by atoms with E-state index in [9.17, 15) is 0 Å². The van der Waals surface area contributed by atoms with Gasteiger partial charge in [0, 0.05) is 38.8 Å². The molecule has 2 aliphatic rings. The molecule has 3 unspecified atom stereocenters. The van der Waals surface area contributed by atoms with E-state index in [4.69, 9.17) is 9.47 Å². The molecule has 2 fully saturated rings. The van der Waals surface area contributed by atoms with Gasteiger partial charge in [-0.05, 0) is 38.8 Å². The Morgan fingerprint density at radius 1 is 1.44 bits per heavy atom. The third-order valence-corrected chi connectivity index (χ3v) is 4.37. The van der Waals surface area contributed by atoms with Gasteiger partial charge in [0.15, 0.2) is 0 Å². The van der Waals surface area contributed by atoms with Crippen molar-refractivity contribution in [2.24, 2.45) is 11.8 Å². The molecule has 0 saturated carbocycles. The van der Waals surface area contributed by atoms with Gasteiger partial charge in [-0.1, -0.05) is 0 Å². The van der Waals surface area contributed by atoms with Crippen molar-refractivity contribution in [2.45, 2.75) is 25.3 Å². The molecule has 0 aliphatic carbocycles. The first-order chi connectivity index (χ1) is 8.83. The Balaban J connectivity index is 1.79. The summed E-state index contributed by atoms with van der Waals surface area (Å²) < 4.78 is 10.8. The Morgan fingerprint density at radius 2 is 2.33 bits per heavy atom. The monoisotopic (exact) mass is 256 g/mol. The van der Waals surface area contributed by atoms with Gasteiger partial charge in [0.1, 0.15) is 0 Å². The number of nitrogens with zero attached hydrogens (tertiary/aromatic N) is 1. The predicted octanol–water partition coefficient (Wildman–Crippen LogP) is 0.969. The lowest BCUT2D eigenvalue weighted by Crippen LogP contribution is -2.48. The zero-order valence-electron chi connectivity index (χ0n) is 11.9. The Kier molecular flexibility index (Phi) is 5.89. The van der Waals surface area contributed by atoms with Crippen LogP contribution >= 0.6 is 0 Å². The maximum absolute atomic E-state index is 5.51. The van der Waals surface area contributed by atoms with Crippen molar-refractivity contribution >= 4 is 0 Å². The van der Waals surface area contributed by atoms with Crippen LogP contribution in [-0.4, -0.2) is 64.6 Å². The van der Waals surface area contributed by atoms with E-state index in [-0.39, 0.29) is 0 Å². The highest BCUT2D eigenvalue weighted by atomic mass is 16.5.